The fourth-order valence-electron chi connectivity index (χ4n) is 1.30. The first-order valence-electron chi connectivity index (χ1n) is 4.43. The van der Waals surface area contributed by atoms with Crippen LogP contribution in [0.15, 0.2) is 0 Å². The Kier molecular flexibility index (Phi) is 4.61. The van der Waals surface area contributed by atoms with E-state index in [0.29, 0.717) is 20.0 Å². The van der Waals surface area contributed by atoms with Gasteiger partial charge >= 0.3 is 0 Å². The van der Waals surface area contributed by atoms with Crippen molar-refractivity contribution in [3.05, 3.63) is 0 Å². The minimum absolute atomic E-state index is 0.0184. The largest absolute Gasteiger partial charge is 0.374 e. The lowest BCUT2D eigenvalue weighted by atomic mass is 10.0. The van der Waals surface area contributed by atoms with Crippen LogP contribution in [0.1, 0.15) is 6.42 Å². The zero-order valence-corrected chi connectivity index (χ0v) is 7.94. The quantitative estimate of drug-likeness (QED) is 0.441. The molecule has 2 unspecified atom stereocenters. The van der Waals surface area contributed by atoms with Crippen LogP contribution in [-0.4, -0.2) is 45.3 Å². The van der Waals surface area contributed by atoms with Crippen molar-refractivity contribution in [1.82, 2.24) is 0 Å². The molecule has 1 fully saturated rings. The third-order valence-corrected chi connectivity index (χ3v) is 2.11. The molecule has 0 radical (unpaired) electrons. The minimum atomic E-state index is -0.0429. The Morgan fingerprint density at radius 3 is 2.77 bits per heavy atom. The topological polar surface area (TPSA) is 79.7 Å². The average molecular weight is 190 g/mol. The second-order valence-corrected chi connectivity index (χ2v) is 3.30. The first kappa shape index (κ1) is 10.9. The van der Waals surface area contributed by atoms with Crippen molar-refractivity contribution in [3.63, 3.8) is 0 Å². The Labute approximate surface area is 78.3 Å². The molecule has 13 heavy (non-hydrogen) atoms. The molecule has 0 bridgehead atoms. The zero-order chi connectivity index (χ0) is 9.68. The first-order chi connectivity index (χ1) is 6.24. The van der Waals surface area contributed by atoms with Gasteiger partial charge in [-0.3, -0.25) is 0 Å². The smallest absolute Gasteiger partial charge is 0.146 e. The molecule has 0 aromatic carbocycles. The number of hydrogen-bond donors (Lipinski definition) is 2. The van der Waals surface area contributed by atoms with Crippen LogP contribution in [0.25, 0.3) is 0 Å². The molecular formula is C8H18N2O3. The summed E-state index contributed by atoms with van der Waals surface area (Å²) in [7, 11) is 1.59. The second kappa shape index (κ2) is 5.51. The lowest BCUT2D eigenvalue weighted by Crippen LogP contribution is -2.52. The van der Waals surface area contributed by atoms with E-state index in [1.165, 1.54) is 0 Å². The maximum Gasteiger partial charge on any atom is 0.146 e. The van der Waals surface area contributed by atoms with Gasteiger partial charge in [0.1, 0.15) is 6.79 Å². The van der Waals surface area contributed by atoms with Crippen molar-refractivity contribution in [2.45, 2.75) is 24.6 Å². The maximum absolute atomic E-state index is 5.78. The molecule has 1 saturated heterocycles. The molecular weight excluding hydrogens is 172 g/mol. The number of methoxy groups -OCH3 is 1. The van der Waals surface area contributed by atoms with Crippen molar-refractivity contribution >= 4 is 0 Å². The Balaban J connectivity index is 2.14. The van der Waals surface area contributed by atoms with Crippen LogP contribution in [0.3, 0.4) is 0 Å². The summed E-state index contributed by atoms with van der Waals surface area (Å²) in [6, 6.07) is -0.0245. The number of hydrogen-bond acceptors (Lipinski definition) is 5. The Morgan fingerprint density at radius 1 is 1.38 bits per heavy atom. The summed E-state index contributed by atoms with van der Waals surface area (Å²) in [6.07, 6.45) is 0.815. The molecule has 0 amide bonds. The van der Waals surface area contributed by atoms with Crippen LogP contribution in [0.5, 0.6) is 0 Å². The SMILES string of the molecule is COCOC[C@@H]1CC(N)C(N)CO1. The van der Waals surface area contributed by atoms with Crippen LogP contribution in [0, 0.1) is 0 Å². The molecule has 78 valence electrons. The summed E-state index contributed by atoms with van der Waals surface area (Å²) in [5.74, 6) is 0. The van der Waals surface area contributed by atoms with Crippen LogP contribution >= 0.6 is 0 Å². The van der Waals surface area contributed by atoms with Crippen LogP contribution in [-0.2, 0) is 14.2 Å². The maximum atomic E-state index is 5.78. The van der Waals surface area contributed by atoms with Gasteiger partial charge in [0.2, 0.25) is 0 Å². The van der Waals surface area contributed by atoms with E-state index in [0.717, 1.165) is 6.42 Å². The fourth-order valence-corrected chi connectivity index (χ4v) is 1.30. The van der Waals surface area contributed by atoms with E-state index in [1.54, 1.807) is 7.11 Å². The molecule has 5 nitrogen and oxygen atoms in total. The van der Waals surface area contributed by atoms with Gasteiger partial charge < -0.3 is 25.7 Å². The van der Waals surface area contributed by atoms with Crippen molar-refractivity contribution in [3.8, 4) is 0 Å². The molecule has 4 N–H and O–H groups in total. The summed E-state index contributed by atoms with van der Waals surface area (Å²) in [5.41, 5.74) is 11.5. The molecule has 0 aliphatic carbocycles. The van der Waals surface area contributed by atoms with Crippen molar-refractivity contribution < 1.29 is 14.2 Å². The molecule has 1 aliphatic rings. The van der Waals surface area contributed by atoms with Crippen molar-refractivity contribution in [2.24, 2.45) is 11.5 Å². The van der Waals surface area contributed by atoms with Gasteiger partial charge in [-0.25, -0.2) is 0 Å². The van der Waals surface area contributed by atoms with Gasteiger partial charge in [-0.15, -0.1) is 0 Å². The normalized spacial score (nSPS) is 34.8. The first-order valence-corrected chi connectivity index (χ1v) is 4.43. The van der Waals surface area contributed by atoms with Gasteiger partial charge in [0, 0.05) is 19.2 Å². The summed E-state index contributed by atoms with van der Waals surface area (Å²) < 4.78 is 15.3. The third-order valence-electron chi connectivity index (χ3n) is 2.11. The van der Waals surface area contributed by atoms with Crippen LogP contribution < -0.4 is 11.5 Å². The second-order valence-electron chi connectivity index (χ2n) is 3.30. The Morgan fingerprint density at radius 2 is 2.15 bits per heavy atom. The van der Waals surface area contributed by atoms with Crippen LogP contribution in [0.4, 0.5) is 0 Å². The molecule has 1 heterocycles. The molecule has 3 atom stereocenters. The predicted octanol–water partition coefficient (Wildman–Crippen LogP) is -0.950. The van der Waals surface area contributed by atoms with Gasteiger partial charge in [0.25, 0.3) is 0 Å². The lowest BCUT2D eigenvalue weighted by Gasteiger charge is -2.31. The van der Waals surface area contributed by atoms with Gasteiger partial charge in [0.15, 0.2) is 0 Å². The van der Waals surface area contributed by atoms with Gasteiger partial charge in [-0.1, -0.05) is 0 Å². The number of ether oxygens (including phenoxy) is 3. The van der Waals surface area contributed by atoms with Gasteiger partial charge in [-0.05, 0) is 6.42 Å². The molecule has 0 spiro atoms. The molecule has 1 rings (SSSR count). The fraction of sp³-hybridized carbons (Fsp3) is 1.00. The summed E-state index contributed by atoms with van der Waals surface area (Å²) in [5, 5.41) is 0. The van der Waals surface area contributed by atoms with E-state index in [4.69, 9.17) is 25.7 Å². The predicted molar refractivity (Wildman–Crippen MR) is 48.1 cm³/mol. The van der Waals surface area contributed by atoms with E-state index < -0.39 is 0 Å². The van der Waals surface area contributed by atoms with Crippen molar-refractivity contribution in [2.75, 3.05) is 27.1 Å². The lowest BCUT2D eigenvalue weighted by molar-refractivity contribution is -0.0961. The third kappa shape index (κ3) is 3.58. The van der Waals surface area contributed by atoms with Crippen LogP contribution in [0.2, 0.25) is 0 Å². The van der Waals surface area contributed by atoms with Gasteiger partial charge in [0.05, 0.1) is 19.3 Å². The molecule has 5 heteroatoms. The number of rotatable bonds is 4. The van der Waals surface area contributed by atoms with E-state index in [1.807, 2.05) is 0 Å². The molecule has 0 aromatic rings. The summed E-state index contributed by atoms with van der Waals surface area (Å²) in [4.78, 5) is 0. The van der Waals surface area contributed by atoms with E-state index in [-0.39, 0.29) is 18.2 Å². The highest BCUT2D eigenvalue weighted by Gasteiger charge is 2.25. The van der Waals surface area contributed by atoms with Gasteiger partial charge in [-0.2, -0.15) is 0 Å². The zero-order valence-electron chi connectivity index (χ0n) is 7.94. The van der Waals surface area contributed by atoms with E-state index in [2.05, 4.69) is 0 Å². The van der Waals surface area contributed by atoms with Crippen molar-refractivity contribution in [1.29, 1.82) is 0 Å². The highest BCUT2D eigenvalue weighted by molar-refractivity contribution is 4.83. The Hall–Kier alpha value is -0.200. The number of nitrogens with two attached hydrogens (primary N) is 2. The highest BCUT2D eigenvalue weighted by Crippen LogP contribution is 2.11. The summed E-state index contributed by atoms with van der Waals surface area (Å²) >= 11 is 0. The monoisotopic (exact) mass is 190 g/mol. The van der Waals surface area contributed by atoms with E-state index in [9.17, 15) is 0 Å². The highest BCUT2D eigenvalue weighted by atomic mass is 16.7. The standard InChI is InChI=1S/C8H18N2O3/c1-11-5-12-3-6-2-7(9)8(10)4-13-6/h6-8H,2-5,9-10H2,1H3/t6-,7?,8?/m0/s1. The summed E-state index contributed by atoms with van der Waals surface area (Å²) in [6.45, 7) is 1.33. The molecule has 0 aromatic heterocycles. The Bertz CT molecular complexity index is 145. The average Bonchev–Trinajstić information content (AvgIpc) is 2.12. The minimum Gasteiger partial charge on any atom is -0.374 e. The van der Waals surface area contributed by atoms with E-state index >= 15 is 0 Å². The molecule has 0 saturated carbocycles. The molecule has 1 aliphatic heterocycles.